The van der Waals surface area contributed by atoms with Crippen LogP contribution in [0.5, 0.6) is 0 Å². The zero-order valence-electron chi connectivity index (χ0n) is 15.3. The number of fused-ring (bicyclic) bond motifs is 1. The number of carbonyl (C=O) groups is 2. The molecule has 2 N–H and O–H groups in total. The maximum absolute atomic E-state index is 12.8. The molecule has 1 aromatic carbocycles. The summed E-state index contributed by atoms with van der Waals surface area (Å²) < 4.78 is 5.29. The first-order chi connectivity index (χ1) is 12.2. The number of ether oxygens (including phenoxy) is 1. The average molecular weight is 378 g/mol. The van der Waals surface area contributed by atoms with Gasteiger partial charge in [0.05, 0.1) is 5.56 Å². The molecule has 0 unspecified atom stereocenters. The molecule has 0 atom stereocenters. The highest BCUT2D eigenvalue weighted by Gasteiger charge is 2.27. The molecule has 1 saturated heterocycles. The lowest BCUT2D eigenvalue weighted by Gasteiger charge is -2.32. The predicted molar refractivity (Wildman–Crippen MR) is 102 cm³/mol. The van der Waals surface area contributed by atoms with E-state index in [0.717, 1.165) is 10.9 Å². The molecule has 1 fully saturated rings. The number of piperidine rings is 1. The molecule has 2 heterocycles. The van der Waals surface area contributed by atoms with Gasteiger partial charge in [-0.3, -0.25) is 4.79 Å². The minimum Gasteiger partial charge on any atom is -0.444 e. The van der Waals surface area contributed by atoms with E-state index in [1.165, 1.54) is 0 Å². The van der Waals surface area contributed by atoms with Gasteiger partial charge in [-0.25, -0.2) is 4.79 Å². The number of H-pyrrole nitrogens is 1. The van der Waals surface area contributed by atoms with Gasteiger partial charge in [-0.15, -0.1) is 0 Å². The van der Waals surface area contributed by atoms with Crippen LogP contribution < -0.4 is 5.32 Å². The smallest absolute Gasteiger partial charge is 0.407 e. The Balaban J connectivity index is 1.59. The normalized spacial score (nSPS) is 15.9. The Morgan fingerprint density at radius 3 is 2.62 bits per heavy atom. The Hall–Kier alpha value is -2.21. The van der Waals surface area contributed by atoms with Crippen molar-refractivity contribution >= 4 is 34.5 Å². The van der Waals surface area contributed by atoms with E-state index in [1.807, 2.05) is 37.8 Å². The number of aromatic nitrogens is 1. The van der Waals surface area contributed by atoms with Crippen LogP contribution in [-0.4, -0.2) is 46.6 Å². The van der Waals surface area contributed by atoms with Gasteiger partial charge >= 0.3 is 6.09 Å². The van der Waals surface area contributed by atoms with E-state index in [9.17, 15) is 9.59 Å². The molecule has 0 saturated carbocycles. The van der Waals surface area contributed by atoms with Crippen LogP contribution in [0.15, 0.2) is 24.4 Å². The number of amides is 2. The van der Waals surface area contributed by atoms with Crippen molar-refractivity contribution in [1.82, 2.24) is 15.2 Å². The number of aromatic amines is 1. The van der Waals surface area contributed by atoms with E-state index in [0.29, 0.717) is 36.5 Å². The number of alkyl carbamates (subject to hydrolysis) is 1. The van der Waals surface area contributed by atoms with Crippen molar-refractivity contribution < 1.29 is 14.3 Å². The third-order valence-corrected chi connectivity index (χ3v) is 4.61. The number of hydrogen-bond acceptors (Lipinski definition) is 3. The minimum absolute atomic E-state index is 0.00529. The fourth-order valence-electron chi connectivity index (χ4n) is 3.15. The van der Waals surface area contributed by atoms with Gasteiger partial charge < -0.3 is 19.9 Å². The molecule has 0 spiro atoms. The Kier molecular flexibility index (Phi) is 5.14. The Labute approximate surface area is 157 Å². The standard InChI is InChI=1S/C19H24ClN3O3/c1-19(2,3)26-18(25)22-13-6-8-23(9-7-13)17(24)15-11-21-16-10-12(20)4-5-14(15)16/h4-5,10-11,13,21H,6-9H2,1-3H3,(H,22,25). The number of halogens is 1. The van der Waals surface area contributed by atoms with Gasteiger partial charge in [0.1, 0.15) is 5.60 Å². The zero-order valence-corrected chi connectivity index (χ0v) is 16.0. The van der Waals surface area contributed by atoms with E-state index in [-0.39, 0.29) is 11.9 Å². The highest BCUT2D eigenvalue weighted by molar-refractivity contribution is 6.31. The maximum atomic E-state index is 12.8. The Bertz CT molecular complexity index is 817. The fraction of sp³-hybridized carbons (Fsp3) is 0.474. The number of benzene rings is 1. The number of hydrogen-bond donors (Lipinski definition) is 2. The first-order valence-electron chi connectivity index (χ1n) is 8.78. The van der Waals surface area contributed by atoms with Crippen LogP contribution in [0.1, 0.15) is 44.0 Å². The van der Waals surface area contributed by atoms with Gasteiger partial charge in [-0.1, -0.05) is 17.7 Å². The SMILES string of the molecule is CC(C)(C)OC(=O)NC1CCN(C(=O)c2c[nH]c3cc(Cl)ccc23)CC1. The van der Waals surface area contributed by atoms with E-state index in [1.54, 1.807) is 12.3 Å². The monoisotopic (exact) mass is 377 g/mol. The van der Waals surface area contributed by atoms with Crippen molar-refractivity contribution in [3.8, 4) is 0 Å². The minimum atomic E-state index is -0.515. The molecule has 1 aliphatic heterocycles. The predicted octanol–water partition coefficient (Wildman–Crippen LogP) is 3.95. The van der Waals surface area contributed by atoms with Crippen LogP contribution in [-0.2, 0) is 4.74 Å². The lowest BCUT2D eigenvalue weighted by Crippen LogP contribution is -2.47. The largest absolute Gasteiger partial charge is 0.444 e. The summed E-state index contributed by atoms with van der Waals surface area (Å²) in [6.07, 6.45) is 2.74. The quantitative estimate of drug-likeness (QED) is 0.832. The maximum Gasteiger partial charge on any atom is 0.407 e. The van der Waals surface area contributed by atoms with E-state index >= 15 is 0 Å². The summed E-state index contributed by atoms with van der Waals surface area (Å²) in [6.45, 7) is 6.70. The number of rotatable bonds is 2. The molecule has 26 heavy (non-hydrogen) atoms. The highest BCUT2D eigenvalue weighted by atomic mass is 35.5. The number of nitrogens with zero attached hydrogens (tertiary/aromatic N) is 1. The summed E-state index contributed by atoms with van der Waals surface area (Å²) in [5.74, 6) is -0.00529. The molecule has 2 aromatic rings. The molecule has 1 aliphatic rings. The molecular weight excluding hydrogens is 354 g/mol. The highest BCUT2D eigenvalue weighted by Crippen LogP contribution is 2.24. The van der Waals surface area contributed by atoms with Gasteiger partial charge in [0.25, 0.3) is 5.91 Å². The van der Waals surface area contributed by atoms with Crippen LogP contribution in [0.2, 0.25) is 5.02 Å². The van der Waals surface area contributed by atoms with Crippen LogP contribution in [0.3, 0.4) is 0 Å². The van der Waals surface area contributed by atoms with E-state index in [4.69, 9.17) is 16.3 Å². The van der Waals surface area contributed by atoms with Gasteiger partial charge in [0.2, 0.25) is 0 Å². The van der Waals surface area contributed by atoms with Gasteiger partial charge in [0, 0.05) is 41.3 Å². The summed E-state index contributed by atoms with van der Waals surface area (Å²) >= 11 is 5.99. The topological polar surface area (TPSA) is 74.4 Å². The zero-order chi connectivity index (χ0) is 18.9. The molecule has 140 valence electrons. The van der Waals surface area contributed by atoms with Crippen molar-refractivity contribution in [3.05, 3.63) is 35.0 Å². The molecule has 0 aliphatic carbocycles. The van der Waals surface area contributed by atoms with Crippen molar-refractivity contribution in [1.29, 1.82) is 0 Å². The first kappa shape index (κ1) is 18.6. The van der Waals surface area contributed by atoms with Crippen molar-refractivity contribution in [2.45, 2.75) is 45.3 Å². The van der Waals surface area contributed by atoms with E-state index < -0.39 is 11.7 Å². The second-order valence-electron chi connectivity index (χ2n) is 7.60. The van der Waals surface area contributed by atoms with Gasteiger partial charge in [-0.2, -0.15) is 0 Å². The third kappa shape index (κ3) is 4.30. The second kappa shape index (κ2) is 7.19. The van der Waals surface area contributed by atoms with E-state index in [2.05, 4.69) is 10.3 Å². The molecule has 0 bridgehead atoms. The second-order valence-corrected chi connectivity index (χ2v) is 8.04. The number of nitrogens with one attached hydrogen (secondary N) is 2. The summed E-state index contributed by atoms with van der Waals surface area (Å²) in [4.78, 5) is 29.6. The van der Waals surface area contributed by atoms with Crippen molar-refractivity contribution in [2.75, 3.05) is 13.1 Å². The molecule has 3 rings (SSSR count). The van der Waals surface area contributed by atoms with Gasteiger partial charge in [0.15, 0.2) is 0 Å². The van der Waals surface area contributed by atoms with Crippen molar-refractivity contribution in [2.24, 2.45) is 0 Å². The summed E-state index contributed by atoms with van der Waals surface area (Å²) in [5, 5.41) is 4.39. The molecule has 1 aromatic heterocycles. The lowest BCUT2D eigenvalue weighted by atomic mass is 10.0. The Morgan fingerprint density at radius 2 is 1.96 bits per heavy atom. The summed E-state index contributed by atoms with van der Waals surface area (Å²) in [6, 6.07) is 5.48. The molecule has 2 amide bonds. The number of likely N-dealkylation sites (tertiary alicyclic amines) is 1. The molecule has 6 nitrogen and oxygen atoms in total. The van der Waals surface area contributed by atoms with Crippen LogP contribution >= 0.6 is 11.6 Å². The Morgan fingerprint density at radius 1 is 1.27 bits per heavy atom. The summed E-state index contributed by atoms with van der Waals surface area (Å²) in [5.41, 5.74) is 0.983. The van der Waals surface area contributed by atoms with Crippen LogP contribution in [0.4, 0.5) is 4.79 Å². The van der Waals surface area contributed by atoms with Crippen molar-refractivity contribution in [3.63, 3.8) is 0 Å². The van der Waals surface area contributed by atoms with Gasteiger partial charge in [-0.05, 0) is 45.7 Å². The lowest BCUT2D eigenvalue weighted by molar-refractivity contribution is 0.0474. The molecule has 7 heteroatoms. The third-order valence-electron chi connectivity index (χ3n) is 4.38. The summed E-state index contributed by atoms with van der Waals surface area (Å²) in [7, 11) is 0. The number of carbonyl (C=O) groups excluding carboxylic acids is 2. The molecular formula is C19H24ClN3O3. The van der Waals surface area contributed by atoms with Crippen LogP contribution in [0, 0.1) is 0 Å². The first-order valence-corrected chi connectivity index (χ1v) is 9.16. The fourth-order valence-corrected chi connectivity index (χ4v) is 3.32. The van der Waals surface area contributed by atoms with Crippen LogP contribution in [0.25, 0.3) is 10.9 Å². The molecule has 0 radical (unpaired) electrons. The average Bonchev–Trinajstić information content (AvgIpc) is 2.96.